The predicted octanol–water partition coefficient (Wildman–Crippen LogP) is 3.28. The number of nitrogens with zero attached hydrogens (tertiary/aromatic N) is 1. The third-order valence-electron chi connectivity index (χ3n) is 2.81. The van der Waals surface area contributed by atoms with Crippen molar-refractivity contribution < 1.29 is 13.6 Å². The fourth-order valence-corrected chi connectivity index (χ4v) is 1.84. The normalized spacial score (nSPS) is 10.2. The van der Waals surface area contributed by atoms with Gasteiger partial charge in [0, 0.05) is 25.8 Å². The first-order chi connectivity index (χ1) is 9.49. The minimum atomic E-state index is -0.679. The Morgan fingerprint density at radius 2 is 1.80 bits per heavy atom. The zero-order chi connectivity index (χ0) is 14.7. The number of para-hydroxylation sites is 1. The molecular weight excluding hydrogens is 262 g/mol. The molecule has 2 aromatic rings. The molecule has 0 atom stereocenters. The molecule has 0 unspecified atom stereocenters. The number of amides is 1. The number of rotatable bonds is 3. The summed E-state index contributed by atoms with van der Waals surface area (Å²) < 4.78 is 26.6. The van der Waals surface area contributed by atoms with E-state index >= 15 is 0 Å². The Hall–Kier alpha value is -2.43. The van der Waals surface area contributed by atoms with Gasteiger partial charge in [0.25, 0.3) is 5.91 Å². The number of benzene rings is 2. The number of carbonyl (C=O) groups is 1. The van der Waals surface area contributed by atoms with Gasteiger partial charge in [-0.15, -0.1) is 0 Å². The Kier molecular flexibility index (Phi) is 3.98. The molecule has 0 aliphatic carbocycles. The van der Waals surface area contributed by atoms with E-state index in [1.54, 1.807) is 43.3 Å². The van der Waals surface area contributed by atoms with E-state index in [9.17, 15) is 13.6 Å². The maximum absolute atomic E-state index is 13.5. The van der Waals surface area contributed by atoms with Crippen LogP contribution in [0.15, 0.2) is 42.5 Å². The van der Waals surface area contributed by atoms with Gasteiger partial charge in [-0.3, -0.25) is 4.79 Å². The van der Waals surface area contributed by atoms with Crippen LogP contribution in [0, 0.1) is 11.6 Å². The summed E-state index contributed by atoms with van der Waals surface area (Å²) >= 11 is 0. The number of anilines is 2. The lowest BCUT2D eigenvalue weighted by Gasteiger charge is -2.17. The third kappa shape index (κ3) is 2.93. The van der Waals surface area contributed by atoms with Crippen LogP contribution in [0.4, 0.5) is 20.2 Å². The minimum absolute atomic E-state index is 0.177. The van der Waals surface area contributed by atoms with Crippen molar-refractivity contribution in [2.24, 2.45) is 0 Å². The highest BCUT2D eigenvalue weighted by molar-refractivity contribution is 6.08. The van der Waals surface area contributed by atoms with Gasteiger partial charge in [-0.2, -0.15) is 0 Å². The van der Waals surface area contributed by atoms with E-state index in [-0.39, 0.29) is 5.69 Å². The van der Waals surface area contributed by atoms with Crippen LogP contribution in [-0.4, -0.2) is 20.0 Å². The van der Waals surface area contributed by atoms with Crippen molar-refractivity contribution in [3.8, 4) is 0 Å². The van der Waals surface area contributed by atoms with Crippen LogP contribution in [0.1, 0.15) is 10.4 Å². The predicted molar refractivity (Wildman–Crippen MR) is 75.1 cm³/mol. The van der Waals surface area contributed by atoms with E-state index in [4.69, 9.17) is 0 Å². The van der Waals surface area contributed by atoms with Gasteiger partial charge < -0.3 is 10.2 Å². The Morgan fingerprint density at radius 3 is 2.50 bits per heavy atom. The van der Waals surface area contributed by atoms with Gasteiger partial charge in [-0.1, -0.05) is 12.1 Å². The molecule has 104 valence electrons. The lowest BCUT2D eigenvalue weighted by molar-refractivity contribution is 0.102. The first-order valence-corrected chi connectivity index (χ1v) is 6.02. The molecule has 0 saturated heterocycles. The van der Waals surface area contributed by atoms with Crippen LogP contribution in [0.5, 0.6) is 0 Å². The van der Waals surface area contributed by atoms with Crippen molar-refractivity contribution in [1.29, 1.82) is 0 Å². The van der Waals surface area contributed by atoms with Gasteiger partial charge in [-0.05, 0) is 24.3 Å². The largest absolute Gasteiger partial charge is 0.377 e. The van der Waals surface area contributed by atoms with Crippen LogP contribution in [0.2, 0.25) is 0 Å². The molecule has 0 heterocycles. The number of hydrogen-bond acceptors (Lipinski definition) is 2. The molecule has 0 fully saturated rings. The van der Waals surface area contributed by atoms with Crippen LogP contribution in [0.25, 0.3) is 0 Å². The van der Waals surface area contributed by atoms with Crippen LogP contribution >= 0.6 is 0 Å². The van der Waals surface area contributed by atoms with Crippen molar-refractivity contribution in [3.63, 3.8) is 0 Å². The average Bonchev–Trinajstić information content (AvgIpc) is 2.42. The zero-order valence-electron chi connectivity index (χ0n) is 11.2. The van der Waals surface area contributed by atoms with E-state index in [1.165, 1.54) is 0 Å². The standard InChI is InChI=1S/C15H14F2N2O/c1-19(2)14-6-4-3-5-11(14)15(20)18-13-9-10(16)7-8-12(13)17/h3-9H,1-2H3,(H,18,20). The monoisotopic (exact) mass is 276 g/mol. The SMILES string of the molecule is CN(C)c1ccccc1C(=O)Nc1cc(F)ccc1F. The molecule has 20 heavy (non-hydrogen) atoms. The first-order valence-electron chi connectivity index (χ1n) is 6.02. The molecule has 1 amide bonds. The molecule has 0 spiro atoms. The molecule has 1 N–H and O–H groups in total. The molecule has 5 heteroatoms. The highest BCUT2D eigenvalue weighted by Crippen LogP contribution is 2.21. The van der Waals surface area contributed by atoms with Crippen molar-refractivity contribution >= 4 is 17.3 Å². The van der Waals surface area contributed by atoms with Gasteiger partial charge in [0.05, 0.1) is 11.3 Å². The molecule has 0 saturated carbocycles. The summed E-state index contributed by atoms with van der Waals surface area (Å²) in [5.74, 6) is -1.77. The van der Waals surface area contributed by atoms with E-state index in [0.717, 1.165) is 18.2 Å². The second-order valence-corrected chi connectivity index (χ2v) is 4.49. The van der Waals surface area contributed by atoms with Gasteiger partial charge in [0.2, 0.25) is 0 Å². The lowest BCUT2D eigenvalue weighted by atomic mass is 10.1. The molecule has 0 aromatic heterocycles. The average molecular weight is 276 g/mol. The highest BCUT2D eigenvalue weighted by Gasteiger charge is 2.14. The highest BCUT2D eigenvalue weighted by atomic mass is 19.1. The van der Waals surface area contributed by atoms with Gasteiger partial charge >= 0.3 is 0 Å². The van der Waals surface area contributed by atoms with E-state index in [2.05, 4.69) is 5.32 Å². The fraction of sp³-hybridized carbons (Fsp3) is 0.133. The number of nitrogens with one attached hydrogen (secondary N) is 1. The molecule has 3 nitrogen and oxygen atoms in total. The van der Waals surface area contributed by atoms with Crippen molar-refractivity contribution in [2.45, 2.75) is 0 Å². The third-order valence-corrected chi connectivity index (χ3v) is 2.81. The summed E-state index contributed by atoms with van der Waals surface area (Å²) in [6, 6.07) is 9.84. The molecular formula is C15H14F2N2O. The molecule has 2 rings (SSSR count). The second-order valence-electron chi connectivity index (χ2n) is 4.49. The molecule has 0 aliphatic rings. The quantitative estimate of drug-likeness (QED) is 0.933. The summed E-state index contributed by atoms with van der Waals surface area (Å²) in [6.07, 6.45) is 0. The van der Waals surface area contributed by atoms with Crippen molar-refractivity contribution in [1.82, 2.24) is 0 Å². The van der Waals surface area contributed by atoms with Crippen LogP contribution in [-0.2, 0) is 0 Å². The molecule has 0 radical (unpaired) electrons. The zero-order valence-corrected chi connectivity index (χ0v) is 11.2. The lowest BCUT2D eigenvalue weighted by Crippen LogP contribution is -2.19. The van der Waals surface area contributed by atoms with Gasteiger partial charge in [0.15, 0.2) is 0 Å². The van der Waals surface area contributed by atoms with E-state index in [1.807, 2.05) is 0 Å². The van der Waals surface area contributed by atoms with E-state index in [0.29, 0.717) is 11.3 Å². The summed E-state index contributed by atoms with van der Waals surface area (Å²) in [5, 5.41) is 2.38. The van der Waals surface area contributed by atoms with Crippen LogP contribution < -0.4 is 10.2 Å². The summed E-state index contributed by atoms with van der Waals surface area (Å²) in [5.41, 5.74) is 0.909. The van der Waals surface area contributed by atoms with Gasteiger partial charge in [0.1, 0.15) is 11.6 Å². The van der Waals surface area contributed by atoms with E-state index < -0.39 is 17.5 Å². The molecule has 0 bridgehead atoms. The smallest absolute Gasteiger partial charge is 0.257 e. The molecule has 2 aromatic carbocycles. The van der Waals surface area contributed by atoms with Crippen molar-refractivity contribution in [3.05, 3.63) is 59.7 Å². The minimum Gasteiger partial charge on any atom is -0.377 e. The number of hydrogen-bond donors (Lipinski definition) is 1. The Balaban J connectivity index is 2.31. The fourth-order valence-electron chi connectivity index (χ4n) is 1.84. The maximum Gasteiger partial charge on any atom is 0.257 e. The number of carbonyl (C=O) groups excluding carboxylic acids is 1. The Bertz CT molecular complexity index is 642. The summed E-state index contributed by atoms with van der Waals surface area (Å²) in [4.78, 5) is 14.0. The Morgan fingerprint density at radius 1 is 1.10 bits per heavy atom. The summed E-state index contributed by atoms with van der Waals surface area (Å²) in [6.45, 7) is 0. The van der Waals surface area contributed by atoms with Gasteiger partial charge in [-0.25, -0.2) is 8.78 Å². The first kappa shape index (κ1) is 14.0. The second kappa shape index (κ2) is 5.69. The van der Waals surface area contributed by atoms with Crippen molar-refractivity contribution in [2.75, 3.05) is 24.3 Å². The summed E-state index contributed by atoms with van der Waals surface area (Å²) in [7, 11) is 3.60. The Labute approximate surface area is 115 Å². The topological polar surface area (TPSA) is 32.3 Å². The maximum atomic E-state index is 13.5. The molecule has 0 aliphatic heterocycles. The number of halogens is 2. The van der Waals surface area contributed by atoms with Crippen LogP contribution in [0.3, 0.4) is 0 Å².